The molecule has 106 valence electrons. The molecule has 0 saturated carbocycles. The van der Waals surface area contributed by atoms with Crippen LogP contribution < -0.4 is 10.5 Å². The number of nitrogens with two attached hydrogens (primary N) is 1. The maximum Gasteiger partial charge on any atom is 0.230 e. The van der Waals surface area contributed by atoms with Crippen LogP contribution in [-0.4, -0.2) is 17.3 Å². The summed E-state index contributed by atoms with van der Waals surface area (Å²) in [6.45, 7) is 0. The second kappa shape index (κ2) is 5.24. The Hall–Kier alpha value is -2.89. The van der Waals surface area contributed by atoms with Crippen molar-refractivity contribution < 1.29 is 13.7 Å². The second-order valence-corrected chi connectivity index (χ2v) is 4.33. The Bertz CT molecular complexity index is 769. The zero-order valence-electron chi connectivity index (χ0n) is 11.2. The number of rotatable bonds is 3. The summed E-state index contributed by atoms with van der Waals surface area (Å²) in [5.74, 6) is 0.366. The van der Waals surface area contributed by atoms with Crippen LogP contribution in [0.2, 0.25) is 0 Å². The summed E-state index contributed by atoms with van der Waals surface area (Å²) in [6, 6.07) is 10.2. The average Bonchev–Trinajstić information content (AvgIpc) is 2.89. The predicted octanol–water partition coefficient (Wildman–Crippen LogP) is 3.13. The molecule has 0 fully saturated rings. The fraction of sp³-hybridized carbons (Fsp3) is 0.0667. The van der Waals surface area contributed by atoms with E-state index in [-0.39, 0.29) is 5.88 Å². The van der Waals surface area contributed by atoms with Gasteiger partial charge in [-0.2, -0.15) is 0 Å². The average molecular weight is 285 g/mol. The largest absolute Gasteiger partial charge is 0.496 e. The normalized spacial score (nSPS) is 10.6. The molecule has 0 atom stereocenters. The molecule has 0 aliphatic heterocycles. The molecule has 0 aliphatic carbocycles. The Labute approximate surface area is 120 Å². The van der Waals surface area contributed by atoms with Gasteiger partial charge in [0, 0.05) is 5.56 Å². The molecular formula is C15H12FN3O2. The molecule has 5 nitrogen and oxygen atoms in total. The number of hydrogen-bond acceptors (Lipinski definition) is 5. The first-order valence-corrected chi connectivity index (χ1v) is 6.21. The van der Waals surface area contributed by atoms with Crippen LogP contribution in [0.15, 0.2) is 47.1 Å². The minimum Gasteiger partial charge on any atom is -0.496 e. The zero-order valence-corrected chi connectivity index (χ0v) is 11.2. The highest BCUT2D eigenvalue weighted by Gasteiger charge is 2.21. The van der Waals surface area contributed by atoms with Crippen molar-refractivity contribution in [1.29, 1.82) is 0 Å². The lowest BCUT2D eigenvalue weighted by molar-refractivity contribution is 0.416. The number of ether oxygens (including phenoxy) is 1. The number of nitrogen functional groups attached to an aromatic ring is 1. The van der Waals surface area contributed by atoms with Gasteiger partial charge in [0.2, 0.25) is 5.88 Å². The number of para-hydroxylation sites is 1. The number of methoxy groups -OCH3 is 1. The van der Waals surface area contributed by atoms with Gasteiger partial charge >= 0.3 is 0 Å². The standard InChI is InChI=1S/C15H12FN3O2/c1-20-12-5-3-2-4-10(12)13-14(19-21-15(13)17)11-7-6-9(16)8-18-11/h2-8H,17H2,1H3. The summed E-state index contributed by atoms with van der Waals surface area (Å²) in [7, 11) is 1.57. The highest BCUT2D eigenvalue weighted by atomic mass is 19.1. The van der Waals surface area contributed by atoms with E-state index >= 15 is 0 Å². The summed E-state index contributed by atoms with van der Waals surface area (Å²) in [6.07, 6.45) is 1.12. The van der Waals surface area contributed by atoms with E-state index in [1.165, 1.54) is 12.1 Å². The molecule has 3 aromatic rings. The van der Waals surface area contributed by atoms with Crippen LogP contribution in [0.3, 0.4) is 0 Å². The molecule has 2 heterocycles. The number of halogens is 1. The number of aromatic nitrogens is 2. The first-order valence-electron chi connectivity index (χ1n) is 6.21. The van der Waals surface area contributed by atoms with Crippen molar-refractivity contribution in [2.24, 2.45) is 0 Å². The highest BCUT2D eigenvalue weighted by molar-refractivity contribution is 5.88. The van der Waals surface area contributed by atoms with Crippen molar-refractivity contribution in [3.05, 3.63) is 48.4 Å². The van der Waals surface area contributed by atoms with Gasteiger partial charge < -0.3 is 15.0 Å². The molecule has 21 heavy (non-hydrogen) atoms. The van der Waals surface area contributed by atoms with E-state index in [9.17, 15) is 4.39 Å². The van der Waals surface area contributed by atoms with Gasteiger partial charge in [0.25, 0.3) is 0 Å². The number of anilines is 1. The van der Waals surface area contributed by atoms with Gasteiger partial charge in [-0.05, 0) is 18.2 Å². The fourth-order valence-corrected chi connectivity index (χ4v) is 2.10. The fourth-order valence-electron chi connectivity index (χ4n) is 2.10. The molecule has 0 aliphatic rings. The smallest absolute Gasteiger partial charge is 0.230 e. The van der Waals surface area contributed by atoms with Gasteiger partial charge in [0.15, 0.2) is 0 Å². The second-order valence-electron chi connectivity index (χ2n) is 4.33. The molecule has 6 heteroatoms. The zero-order chi connectivity index (χ0) is 14.8. The van der Waals surface area contributed by atoms with E-state index in [0.29, 0.717) is 22.7 Å². The summed E-state index contributed by atoms with van der Waals surface area (Å²) in [5.41, 5.74) is 8.10. The molecule has 1 aromatic carbocycles. The van der Waals surface area contributed by atoms with Gasteiger partial charge in [-0.3, -0.25) is 4.98 Å². The van der Waals surface area contributed by atoms with E-state index in [0.717, 1.165) is 11.8 Å². The summed E-state index contributed by atoms with van der Waals surface area (Å²) in [4.78, 5) is 4.01. The van der Waals surface area contributed by atoms with E-state index in [1.807, 2.05) is 24.3 Å². The first-order chi connectivity index (χ1) is 10.2. The van der Waals surface area contributed by atoms with Crippen LogP contribution in [0.1, 0.15) is 0 Å². The van der Waals surface area contributed by atoms with Crippen LogP contribution >= 0.6 is 0 Å². The topological polar surface area (TPSA) is 74.2 Å². The third kappa shape index (κ3) is 2.31. The molecule has 0 spiro atoms. The Morgan fingerprint density at radius 1 is 1.19 bits per heavy atom. The third-order valence-corrected chi connectivity index (χ3v) is 3.06. The van der Waals surface area contributed by atoms with Gasteiger partial charge in [-0.1, -0.05) is 23.4 Å². The van der Waals surface area contributed by atoms with Crippen molar-refractivity contribution in [1.82, 2.24) is 10.1 Å². The van der Waals surface area contributed by atoms with Crippen LogP contribution in [0.4, 0.5) is 10.3 Å². The molecule has 0 amide bonds. The van der Waals surface area contributed by atoms with Crippen molar-refractivity contribution in [2.75, 3.05) is 12.8 Å². The van der Waals surface area contributed by atoms with Crippen LogP contribution in [-0.2, 0) is 0 Å². The molecule has 0 unspecified atom stereocenters. The molecule has 2 N–H and O–H groups in total. The van der Waals surface area contributed by atoms with Gasteiger partial charge in [-0.25, -0.2) is 4.39 Å². The predicted molar refractivity (Wildman–Crippen MR) is 76.1 cm³/mol. The first kappa shape index (κ1) is 13.1. The summed E-state index contributed by atoms with van der Waals surface area (Å²) >= 11 is 0. The van der Waals surface area contributed by atoms with E-state index in [1.54, 1.807) is 7.11 Å². The summed E-state index contributed by atoms with van der Waals surface area (Å²) in [5, 5.41) is 3.93. The Balaban J connectivity index is 2.20. The van der Waals surface area contributed by atoms with Gasteiger partial charge in [-0.15, -0.1) is 0 Å². The van der Waals surface area contributed by atoms with E-state index in [4.69, 9.17) is 15.0 Å². The number of pyridine rings is 1. The monoisotopic (exact) mass is 285 g/mol. The maximum atomic E-state index is 13.0. The maximum absolute atomic E-state index is 13.0. The number of hydrogen-bond donors (Lipinski definition) is 1. The van der Waals surface area contributed by atoms with Gasteiger partial charge in [0.1, 0.15) is 17.3 Å². The Morgan fingerprint density at radius 2 is 2.00 bits per heavy atom. The lowest BCUT2D eigenvalue weighted by Crippen LogP contribution is -1.93. The van der Waals surface area contributed by atoms with E-state index in [2.05, 4.69) is 10.1 Å². The molecule has 0 radical (unpaired) electrons. The van der Waals surface area contributed by atoms with Gasteiger partial charge in [0.05, 0.1) is 24.6 Å². The quantitative estimate of drug-likeness (QED) is 0.800. The van der Waals surface area contributed by atoms with Crippen molar-refractivity contribution in [3.63, 3.8) is 0 Å². The lowest BCUT2D eigenvalue weighted by Gasteiger charge is -2.08. The minimum atomic E-state index is -0.422. The molecule has 2 aromatic heterocycles. The van der Waals surface area contributed by atoms with Crippen molar-refractivity contribution in [3.8, 4) is 28.3 Å². The molecular weight excluding hydrogens is 273 g/mol. The highest BCUT2D eigenvalue weighted by Crippen LogP contribution is 2.39. The molecule has 0 saturated heterocycles. The minimum absolute atomic E-state index is 0.153. The SMILES string of the molecule is COc1ccccc1-c1c(-c2ccc(F)cn2)noc1N. The molecule has 3 rings (SSSR count). The summed E-state index contributed by atoms with van der Waals surface area (Å²) < 4.78 is 23.4. The Kier molecular flexibility index (Phi) is 3.27. The van der Waals surface area contributed by atoms with E-state index < -0.39 is 5.82 Å². The molecule has 0 bridgehead atoms. The number of nitrogens with zero attached hydrogens (tertiary/aromatic N) is 2. The Morgan fingerprint density at radius 3 is 2.71 bits per heavy atom. The van der Waals surface area contributed by atoms with Crippen LogP contribution in [0.5, 0.6) is 5.75 Å². The lowest BCUT2D eigenvalue weighted by atomic mass is 10.0. The number of benzene rings is 1. The van der Waals surface area contributed by atoms with Crippen molar-refractivity contribution in [2.45, 2.75) is 0 Å². The third-order valence-electron chi connectivity index (χ3n) is 3.06. The van der Waals surface area contributed by atoms with Crippen LogP contribution in [0, 0.1) is 5.82 Å². The van der Waals surface area contributed by atoms with Crippen LogP contribution in [0.25, 0.3) is 22.5 Å². The van der Waals surface area contributed by atoms with Crippen molar-refractivity contribution >= 4 is 5.88 Å².